The van der Waals surface area contributed by atoms with E-state index < -0.39 is 6.10 Å². The summed E-state index contributed by atoms with van der Waals surface area (Å²) in [6, 6.07) is 6.18. The van der Waals surface area contributed by atoms with Crippen LogP contribution in [-0.2, 0) is 9.53 Å². The summed E-state index contributed by atoms with van der Waals surface area (Å²) >= 11 is 0. The smallest absolute Gasteiger partial charge is 0.260 e. The highest BCUT2D eigenvalue weighted by Gasteiger charge is 2.17. The van der Waals surface area contributed by atoms with E-state index in [0.29, 0.717) is 18.6 Å². The Hall–Kier alpha value is -1.55. The molecule has 146 valence electrons. The van der Waals surface area contributed by atoms with E-state index in [4.69, 9.17) is 9.47 Å². The maximum Gasteiger partial charge on any atom is 0.260 e. The van der Waals surface area contributed by atoms with Gasteiger partial charge in [0.05, 0.1) is 6.10 Å². The van der Waals surface area contributed by atoms with Gasteiger partial charge < -0.3 is 14.8 Å². The van der Waals surface area contributed by atoms with Gasteiger partial charge >= 0.3 is 0 Å². The summed E-state index contributed by atoms with van der Waals surface area (Å²) in [5.41, 5.74) is 2.27. The van der Waals surface area contributed by atoms with E-state index in [1.165, 1.54) is 32.1 Å². The minimum Gasteiger partial charge on any atom is -0.481 e. The Morgan fingerprint density at radius 1 is 1.19 bits per heavy atom. The maximum atomic E-state index is 12.3. The van der Waals surface area contributed by atoms with Crippen LogP contribution in [0.4, 0.5) is 0 Å². The van der Waals surface area contributed by atoms with Crippen molar-refractivity contribution in [2.45, 2.75) is 84.3 Å². The molecule has 0 unspecified atom stereocenters. The van der Waals surface area contributed by atoms with Gasteiger partial charge in [-0.2, -0.15) is 0 Å². The van der Waals surface area contributed by atoms with Gasteiger partial charge in [0.15, 0.2) is 6.10 Å². The molecule has 1 aromatic carbocycles. The molecular formula is C22H35NO3. The average molecular weight is 362 g/mol. The molecule has 1 aromatic rings. The Labute approximate surface area is 158 Å². The largest absolute Gasteiger partial charge is 0.481 e. The molecule has 4 nitrogen and oxygen atoms in total. The van der Waals surface area contributed by atoms with Crippen LogP contribution in [0.25, 0.3) is 0 Å². The molecule has 0 aromatic heterocycles. The van der Waals surface area contributed by atoms with Crippen LogP contribution in [0.15, 0.2) is 18.2 Å². The van der Waals surface area contributed by atoms with E-state index in [0.717, 1.165) is 29.9 Å². The lowest BCUT2D eigenvalue weighted by atomic mass is 9.98. The second-order valence-corrected chi connectivity index (χ2v) is 7.73. The number of aryl methyl sites for hydroxylation is 1. The van der Waals surface area contributed by atoms with Gasteiger partial charge in [0.25, 0.3) is 5.91 Å². The summed E-state index contributed by atoms with van der Waals surface area (Å²) in [6.07, 6.45) is 7.05. The van der Waals surface area contributed by atoms with Crippen molar-refractivity contribution < 1.29 is 14.3 Å². The molecule has 1 saturated carbocycles. The van der Waals surface area contributed by atoms with Crippen molar-refractivity contribution >= 4 is 5.91 Å². The molecular weight excluding hydrogens is 326 g/mol. The fourth-order valence-corrected chi connectivity index (χ4v) is 3.37. The van der Waals surface area contributed by atoms with Crippen molar-refractivity contribution in [1.29, 1.82) is 0 Å². The minimum atomic E-state index is -0.506. The van der Waals surface area contributed by atoms with Gasteiger partial charge in [0.1, 0.15) is 5.75 Å². The summed E-state index contributed by atoms with van der Waals surface area (Å²) in [5, 5.41) is 2.96. The number of ether oxygens (including phenoxy) is 2. The first kappa shape index (κ1) is 20.8. The van der Waals surface area contributed by atoms with Crippen LogP contribution in [0.2, 0.25) is 0 Å². The quantitative estimate of drug-likeness (QED) is 0.646. The predicted molar refractivity (Wildman–Crippen MR) is 106 cm³/mol. The van der Waals surface area contributed by atoms with E-state index in [-0.39, 0.29) is 5.91 Å². The molecule has 1 amide bonds. The second kappa shape index (κ2) is 10.6. The highest BCUT2D eigenvalue weighted by atomic mass is 16.5. The van der Waals surface area contributed by atoms with Crippen LogP contribution in [-0.4, -0.2) is 31.3 Å². The van der Waals surface area contributed by atoms with Crippen molar-refractivity contribution in [2.75, 3.05) is 13.2 Å². The number of nitrogens with one attached hydrogen (secondary N) is 1. The Bertz CT molecular complexity index is 565. The summed E-state index contributed by atoms with van der Waals surface area (Å²) < 4.78 is 11.9. The number of amides is 1. The van der Waals surface area contributed by atoms with Crippen molar-refractivity contribution in [3.63, 3.8) is 0 Å². The van der Waals surface area contributed by atoms with Gasteiger partial charge in [-0.3, -0.25) is 4.79 Å². The number of carbonyl (C=O) groups is 1. The summed E-state index contributed by atoms with van der Waals surface area (Å²) in [7, 11) is 0. The normalized spacial score (nSPS) is 16.5. The third-order valence-electron chi connectivity index (χ3n) is 4.99. The number of carbonyl (C=O) groups excluding carboxylic acids is 1. The van der Waals surface area contributed by atoms with E-state index in [2.05, 4.69) is 31.3 Å². The van der Waals surface area contributed by atoms with Gasteiger partial charge in [0, 0.05) is 13.2 Å². The molecule has 0 bridgehead atoms. The van der Waals surface area contributed by atoms with Gasteiger partial charge in [-0.1, -0.05) is 45.2 Å². The van der Waals surface area contributed by atoms with Crippen molar-refractivity contribution in [2.24, 2.45) is 0 Å². The van der Waals surface area contributed by atoms with Crippen LogP contribution in [0, 0.1) is 6.92 Å². The fourth-order valence-electron chi connectivity index (χ4n) is 3.37. The maximum absolute atomic E-state index is 12.3. The molecule has 0 aliphatic heterocycles. The topological polar surface area (TPSA) is 47.6 Å². The first-order valence-electron chi connectivity index (χ1n) is 10.1. The molecule has 0 heterocycles. The molecule has 26 heavy (non-hydrogen) atoms. The molecule has 0 spiro atoms. The summed E-state index contributed by atoms with van der Waals surface area (Å²) in [5.74, 6) is 1.10. The fraction of sp³-hybridized carbons (Fsp3) is 0.682. The number of benzene rings is 1. The summed E-state index contributed by atoms with van der Waals surface area (Å²) in [6.45, 7) is 9.46. The standard InChI is InChI=1S/C22H35NO3/c1-16(2)20-12-11-17(3)15-21(20)26-18(4)22(24)23-13-8-14-25-19-9-6-5-7-10-19/h11-12,15-16,18-19H,5-10,13-14H2,1-4H3,(H,23,24)/t18-/m1/s1. The molecule has 1 atom stereocenters. The number of hydrogen-bond acceptors (Lipinski definition) is 3. The molecule has 1 aliphatic carbocycles. The zero-order valence-corrected chi connectivity index (χ0v) is 16.8. The molecule has 2 rings (SSSR count). The molecule has 4 heteroatoms. The van der Waals surface area contributed by atoms with E-state index in [9.17, 15) is 4.79 Å². The Kier molecular flexibility index (Phi) is 8.43. The highest BCUT2D eigenvalue weighted by Crippen LogP contribution is 2.28. The lowest BCUT2D eigenvalue weighted by Gasteiger charge is -2.22. The lowest BCUT2D eigenvalue weighted by molar-refractivity contribution is -0.127. The van der Waals surface area contributed by atoms with Crippen LogP contribution in [0.3, 0.4) is 0 Å². The van der Waals surface area contributed by atoms with Crippen LogP contribution in [0.5, 0.6) is 5.75 Å². The van der Waals surface area contributed by atoms with Gasteiger partial charge in [-0.05, 0) is 56.2 Å². The predicted octanol–water partition coefficient (Wildman–Crippen LogP) is 4.74. The zero-order chi connectivity index (χ0) is 18.9. The molecule has 0 radical (unpaired) electrons. The van der Waals surface area contributed by atoms with E-state index in [1.54, 1.807) is 6.92 Å². The van der Waals surface area contributed by atoms with Crippen molar-refractivity contribution in [3.8, 4) is 5.75 Å². The minimum absolute atomic E-state index is 0.0705. The monoisotopic (exact) mass is 361 g/mol. The Balaban J connectivity index is 1.71. The van der Waals surface area contributed by atoms with Gasteiger partial charge in [0.2, 0.25) is 0 Å². The SMILES string of the molecule is Cc1ccc(C(C)C)c(O[C@H](C)C(=O)NCCCOC2CCCCC2)c1. The third-order valence-corrected chi connectivity index (χ3v) is 4.99. The van der Waals surface area contributed by atoms with Crippen molar-refractivity contribution in [3.05, 3.63) is 29.3 Å². The van der Waals surface area contributed by atoms with Crippen molar-refractivity contribution in [1.82, 2.24) is 5.32 Å². The van der Waals surface area contributed by atoms with Gasteiger partial charge in [-0.15, -0.1) is 0 Å². The number of rotatable bonds is 9. The van der Waals surface area contributed by atoms with Crippen LogP contribution in [0.1, 0.15) is 76.3 Å². The highest BCUT2D eigenvalue weighted by molar-refractivity contribution is 5.80. The van der Waals surface area contributed by atoms with Crippen LogP contribution >= 0.6 is 0 Å². The summed E-state index contributed by atoms with van der Waals surface area (Å²) in [4.78, 5) is 12.3. The zero-order valence-electron chi connectivity index (χ0n) is 16.8. The lowest BCUT2D eigenvalue weighted by Crippen LogP contribution is -2.37. The first-order chi connectivity index (χ1) is 12.5. The average Bonchev–Trinajstić information content (AvgIpc) is 2.62. The second-order valence-electron chi connectivity index (χ2n) is 7.73. The van der Waals surface area contributed by atoms with Crippen LogP contribution < -0.4 is 10.1 Å². The molecule has 1 fully saturated rings. The third kappa shape index (κ3) is 6.64. The first-order valence-corrected chi connectivity index (χ1v) is 10.1. The Morgan fingerprint density at radius 3 is 2.62 bits per heavy atom. The van der Waals surface area contributed by atoms with Gasteiger partial charge in [-0.25, -0.2) is 0 Å². The Morgan fingerprint density at radius 2 is 1.92 bits per heavy atom. The number of hydrogen-bond donors (Lipinski definition) is 1. The molecule has 0 saturated heterocycles. The molecule has 1 aliphatic rings. The van der Waals surface area contributed by atoms with E-state index >= 15 is 0 Å². The molecule has 1 N–H and O–H groups in total. The van der Waals surface area contributed by atoms with E-state index in [1.807, 2.05) is 13.0 Å².